The monoisotopic (exact) mass is 351 g/mol. The lowest BCUT2D eigenvalue weighted by molar-refractivity contribution is 0.368. The quantitative estimate of drug-likeness (QED) is 0.826. The molecule has 0 unspecified atom stereocenters. The minimum atomic E-state index is 0.0576. The Labute approximate surface area is 130 Å². The highest BCUT2D eigenvalue weighted by molar-refractivity contribution is 9.10. The van der Waals surface area contributed by atoms with E-state index in [0.717, 1.165) is 15.7 Å². The molecule has 102 valence electrons. The van der Waals surface area contributed by atoms with Crippen molar-refractivity contribution in [1.29, 1.82) is 5.26 Å². The van der Waals surface area contributed by atoms with Crippen LogP contribution in [-0.4, -0.2) is 11.6 Å². The molecule has 0 bridgehead atoms. The summed E-state index contributed by atoms with van der Waals surface area (Å²) in [5, 5.41) is 12.1. The number of halogens is 2. The third-order valence-corrected chi connectivity index (χ3v) is 3.65. The Kier molecular flexibility index (Phi) is 5.22. The van der Waals surface area contributed by atoms with Crippen LogP contribution in [0.4, 0.5) is 5.69 Å². The summed E-state index contributed by atoms with van der Waals surface area (Å²) in [6.45, 7) is 0.719. The minimum absolute atomic E-state index is 0.0576. The molecule has 1 N–H and O–H groups in total. The Hall–Kier alpha value is -1.77. The van der Waals surface area contributed by atoms with Gasteiger partial charge in [-0.1, -0.05) is 23.7 Å². The fourth-order valence-electron chi connectivity index (χ4n) is 1.54. The molecular weight excluding hydrogens is 342 g/mol. The number of pyridine rings is 1. The minimum Gasteiger partial charge on any atom is -0.479 e. The number of benzene rings is 1. The van der Waals surface area contributed by atoms with Crippen LogP contribution in [0.25, 0.3) is 0 Å². The van der Waals surface area contributed by atoms with Gasteiger partial charge in [0.05, 0.1) is 16.4 Å². The predicted molar refractivity (Wildman–Crippen MR) is 81.8 cm³/mol. The predicted octanol–water partition coefficient (Wildman–Crippen LogP) is 4.01. The van der Waals surface area contributed by atoms with Crippen LogP contribution in [0.1, 0.15) is 5.56 Å². The maximum absolute atomic E-state index is 8.43. The van der Waals surface area contributed by atoms with Crippen LogP contribution in [-0.2, 0) is 6.54 Å². The number of anilines is 1. The highest BCUT2D eigenvalue weighted by Gasteiger charge is 2.01. The zero-order valence-corrected chi connectivity index (χ0v) is 12.8. The van der Waals surface area contributed by atoms with E-state index in [-0.39, 0.29) is 6.61 Å². The molecule has 0 saturated heterocycles. The molecule has 20 heavy (non-hydrogen) atoms. The average molecular weight is 353 g/mol. The number of nitrogens with zero attached hydrogens (tertiary/aromatic N) is 2. The van der Waals surface area contributed by atoms with Crippen LogP contribution < -0.4 is 10.1 Å². The Bertz CT molecular complexity index is 625. The number of aromatic nitrogens is 1. The van der Waals surface area contributed by atoms with Gasteiger partial charge in [-0.05, 0) is 39.7 Å². The van der Waals surface area contributed by atoms with Crippen molar-refractivity contribution in [1.82, 2.24) is 4.98 Å². The average Bonchev–Trinajstić information content (AvgIpc) is 2.47. The van der Waals surface area contributed by atoms with Gasteiger partial charge < -0.3 is 10.1 Å². The second-order valence-corrected chi connectivity index (χ2v) is 5.15. The fourth-order valence-corrected chi connectivity index (χ4v) is 1.99. The zero-order chi connectivity index (χ0) is 14.4. The number of hydrogen-bond donors (Lipinski definition) is 1. The van der Waals surface area contributed by atoms with E-state index in [2.05, 4.69) is 26.2 Å². The third kappa shape index (κ3) is 4.12. The van der Waals surface area contributed by atoms with E-state index in [9.17, 15) is 0 Å². The molecule has 6 heteroatoms. The van der Waals surface area contributed by atoms with Gasteiger partial charge in [-0.15, -0.1) is 0 Å². The summed E-state index contributed by atoms with van der Waals surface area (Å²) in [6.07, 6.45) is 1.68. The van der Waals surface area contributed by atoms with Crippen LogP contribution in [0.5, 0.6) is 5.75 Å². The third-order valence-electron chi connectivity index (χ3n) is 2.52. The first-order valence-electron chi connectivity index (χ1n) is 5.82. The van der Waals surface area contributed by atoms with E-state index < -0.39 is 0 Å². The van der Waals surface area contributed by atoms with Crippen molar-refractivity contribution in [2.75, 3.05) is 11.9 Å². The molecule has 0 spiro atoms. The molecule has 4 nitrogen and oxygen atoms in total. The highest BCUT2D eigenvalue weighted by Crippen LogP contribution is 2.23. The van der Waals surface area contributed by atoms with Gasteiger partial charge in [-0.2, -0.15) is 5.26 Å². The van der Waals surface area contributed by atoms with E-state index in [1.807, 2.05) is 36.4 Å². The molecular formula is C14H11BrClN3O. The Morgan fingerprint density at radius 2 is 2.10 bits per heavy atom. The summed E-state index contributed by atoms with van der Waals surface area (Å²) in [7, 11) is 0. The maximum Gasteiger partial charge on any atom is 0.174 e. The van der Waals surface area contributed by atoms with Crippen molar-refractivity contribution in [3.05, 3.63) is 51.7 Å². The molecule has 2 aromatic rings. The zero-order valence-electron chi connectivity index (χ0n) is 10.4. The molecule has 0 atom stereocenters. The smallest absolute Gasteiger partial charge is 0.174 e. The van der Waals surface area contributed by atoms with E-state index >= 15 is 0 Å². The number of ether oxygens (including phenoxy) is 1. The second-order valence-electron chi connectivity index (χ2n) is 3.94. The van der Waals surface area contributed by atoms with Crippen LogP contribution in [0.2, 0.25) is 5.15 Å². The fraction of sp³-hybridized carbons (Fsp3) is 0.143. The van der Waals surface area contributed by atoms with E-state index in [1.165, 1.54) is 0 Å². The van der Waals surface area contributed by atoms with E-state index in [1.54, 1.807) is 6.20 Å². The van der Waals surface area contributed by atoms with Gasteiger partial charge >= 0.3 is 0 Å². The van der Waals surface area contributed by atoms with Crippen LogP contribution >= 0.6 is 27.5 Å². The van der Waals surface area contributed by atoms with Crippen molar-refractivity contribution in [2.24, 2.45) is 0 Å². The number of hydrogen-bond acceptors (Lipinski definition) is 4. The molecule has 0 aliphatic rings. The summed E-state index contributed by atoms with van der Waals surface area (Å²) in [5.74, 6) is 0.686. The largest absolute Gasteiger partial charge is 0.479 e. The van der Waals surface area contributed by atoms with Crippen LogP contribution in [0, 0.1) is 11.3 Å². The Morgan fingerprint density at radius 3 is 2.75 bits per heavy atom. The lowest BCUT2D eigenvalue weighted by atomic mass is 10.2. The van der Waals surface area contributed by atoms with Gasteiger partial charge in [0.2, 0.25) is 0 Å². The maximum atomic E-state index is 8.43. The SMILES string of the molecule is N#CCOc1ccc(CNc2cnc(Cl)c(Br)c2)cc1. The first-order valence-corrected chi connectivity index (χ1v) is 7.00. The molecule has 0 fully saturated rings. The summed E-state index contributed by atoms with van der Waals surface area (Å²) < 4.78 is 5.94. The summed E-state index contributed by atoms with van der Waals surface area (Å²) in [5.41, 5.74) is 1.98. The van der Waals surface area contributed by atoms with Gasteiger partial charge in [-0.3, -0.25) is 0 Å². The van der Waals surface area contributed by atoms with Crippen molar-refractivity contribution < 1.29 is 4.74 Å². The van der Waals surface area contributed by atoms with Gasteiger partial charge in [0.1, 0.15) is 17.0 Å². The normalized spacial score (nSPS) is 9.85. The highest BCUT2D eigenvalue weighted by atomic mass is 79.9. The van der Waals surface area contributed by atoms with Gasteiger partial charge in [0.25, 0.3) is 0 Å². The molecule has 1 aromatic heterocycles. The number of nitrogens with one attached hydrogen (secondary N) is 1. The summed E-state index contributed by atoms with van der Waals surface area (Å²) >= 11 is 9.16. The summed E-state index contributed by atoms with van der Waals surface area (Å²) in [6, 6.07) is 11.4. The van der Waals surface area contributed by atoms with Gasteiger partial charge in [0.15, 0.2) is 6.61 Å². The van der Waals surface area contributed by atoms with E-state index in [0.29, 0.717) is 17.4 Å². The van der Waals surface area contributed by atoms with Crippen molar-refractivity contribution in [3.63, 3.8) is 0 Å². The second kappa shape index (κ2) is 7.13. The standard InChI is InChI=1S/C14H11BrClN3O/c15-13-7-11(9-19-14(13)16)18-8-10-1-3-12(4-2-10)20-6-5-17/h1-4,7,9,18H,6,8H2. The van der Waals surface area contributed by atoms with Crippen molar-refractivity contribution in [3.8, 4) is 11.8 Å². The number of rotatable bonds is 5. The molecule has 1 aromatic carbocycles. The molecule has 0 amide bonds. The van der Waals surface area contributed by atoms with Gasteiger partial charge in [0, 0.05) is 6.54 Å². The molecule has 0 aliphatic heterocycles. The molecule has 0 radical (unpaired) electrons. The molecule has 0 saturated carbocycles. The van der Waals surface area contributed by atoms with E-state index in [4.69, 9.17) is 21.6 Å². The van der Waals surface area contributed by atoms with Crippen LogP contribution in [0.15, 0.2) is 41.0 Å². The summed E-state index contributed by atoms with van der Waals surface area (Å²) in [4.78, 5) is 4.04. The first kappa shape index (κ1) is 14.6. The topological polar surface area (TPSA) is 57.9 Å². The van der Waals surface area contributed by atoms with Gasteiger partial charge in [-0.25, -0.2) is 4.98 Å². The lowest BCUT2D eigenvalue weighted by Crippen LogP contribution is -2.00. The van der Waals surface area contributed by atoms with Crippen LogP contribution in [0.3, 0.4) is 0 Å². The molecule has 1 heterocycles. The molecule has 2 rings (SSSR count). The van der Waals surface area contributed by atoms with Crippen molar-refractivity contribution in [2.45, 2.75) is 6.54 Å². The Balaban J connectivity index is 1.93. The number of nitriles is 1. The Morgan fingerprint density at radius 1 is 1.35 bits per heavy atom. The van der Waals surface area contributed by atoms with Crippen molar-refractivity contribution >= 4 is 33.2 Å². The lowest BCUT2D eigenvalue weighted by Gasteiger charge is -2.08. The molecule has 0 aliphatic carbocycles. The first-order chi connectivity index (χ1) is 9.69.